The van der Waals surface area contributed by atoms with Crippen molar-refractivity contribution in [1.82, 2.24) is 19.5 Å². The van der Waals surface area contributed by atoms with E-state index in [0.717, 1.165) is 17.8 Å². The average Bonchev–Trinajstić information content (AvgIpc) is 3.23. The molecule has 1 saturated heterocycles. The van der Waals surface area contributed by atoms with Crippen LogP contribution in [0.5, 0.6) is 0 Å². The van der Waals surface area contributed by atoms with Gasteiger partial charge in [-0.15, -0.1) is 0 Å². The fourth-order valence-corrected chi connectivity index (χ4v) is 6.80. The van der Waals surface area contributed by atoms with E-state index >= 15 is 4.39 Å². The van der Waals surface area contributed by atoms with Crippen molar-refractivity contribution in [3.8, 4) is 11.8 Å². The van der Waals surface area contributed by atoms with Gasteiger partial charge in [0.05, 0.1) is 12.4 Å². The minimum Gasteiger partial charge on any atom is -0.386 e. The first kappa shape index (κ1) is 29.9. The first-order chi connectivity index (χ1) is 16.9. The fourth-order valence-electron chi connectivity index (χ4n) is 3.35. The Kier molecular flexibility index (Phi) is 8.45. The summed E-state index contributed by atoms with van der Waals surface area (Å²) < 4.78 is 81.5. The maximum Gasteiger partial charge on any atom is 0.490 e. The highest BCUT2D eigenvalue weighted by atomic mass is 32.1. The molecule has 3 rings (SSSR count). The minimum absolute atomic E-state index is 0.0350. The zero-order chi connectivity index (χ0) is 28.0. The monoisotopic (exact) mass is 611 g/mol. The molecule has 2 aromatic rings. The third kappa shape index (κ3) is 6.67. The number of fused-ring (bicyclic) bond motifs is 1. The standard InChI is InChI=1S/C14H18F2N5O12P3S/c1-6(31-35(26,27)33-36(28,29)32-34(23,24)25)8-9(22)14(16,3-2-4-15)12(30-8)21-5-18-7-10(21)19-13(17)20-11(7)37/h5-6,8-9,12,22H,4H2,1H3,(H,26,27)(H,28,29)(H2,23,24,25)(H3,17,19,20,37)/t6-,8+,9-,12+,14?/m0/s1. The molecular weight excluding hydrogens is 593 g/mol. The number of anilines is 1. The molecule has 0 saturated carbocycles. The summed E-state index contributed by atoms with van der Waals surface area (Å²) in [5.74, 6) is 3.51. The highest BCUT2D eigenvalue weighted by Gasteiger charge is 2.60. The number of nitrogens with zero attached hydrogens (tertiary/aromatic N) is 3. The summed E-state index contributed by atoms with van der Waals surface area (Å²) in [6.07, 6.45) is -6.94. The van der Waals surface area contributed by atoms with Gasteiger partial charge in [0, 0.05) is 0 Å². The highest BCUT2D eigenvalue weighted by molar-refractivity contribution is 7.71. The Morgan fingerprint density at radius 3 is 2.57 bits per heavy atom. The molecule has 7 atom stereocenters. The number of aromatic nitrogens is 4. The van der Waals surface area contributed by atoms with E-state index in [4.69, 9.17) is 32.5 Å². The lowest BCUT2D eigenvalue weighted by atomic mass is 9.94. The number of aromatic amines is 1. The van der Waals surface area contributed by atoms with Crippen molar-refractivity contribution in [3.63, 3.8) is 0 Å². The number of aliphatic hydroxyl groups excluding tert-OH is 1. The van der Waals surface area contributed by atoms with Crippen LogP contribution in [0.25, 0.3) is 11.2 Å². The van der Waals surface area contributed by atoms with Crippen LogP contribution in [0, 0.1) is 16.5 Å². The summed E-state index contributed by atoms with van der Waals surface area (Å²) in [7, 11) is -17.2. The number of H-pyrrole nitrogens is 1. The Morgan fingerprint density at radius 1 is 1.32 bits per heavy atom. The quantitative estimate of drug-likeness (QED) is 0.123. The van der Waals surface area contributed by atoms with Crippen LogP contribution >= 0.6 is 35.7 Å². The number of imidazole rings is 1. The zero-order valence-corrected chi connectivity index (χ0v) is 21.6. The second-order valence-electron chi connectivity index (χ2n) is 7.28. The third-order valence-electron chi connectivity index (χ3n) is 4.63. The molecule has 2 aromatic heterocycles. The predicted molar refractivity (Wildman–Crippen MR) is 119 cm³/mol. The molecule has 8 N–H and O–H groups in total. The fraction of sp³-hybridized carbons (Fsp3) is 0.500. The summed E-state index contributed by atoms with van der Waals surface area (Å²) in [4.78, 5) is 46.6. The van der Waals surface area contributed by atoms with Crippen molar-refractivity contribution in [1.29, 1.82) is 0 Å². The molecule has 0 amide bonds. The smallest absolute Gasteiger partial charge is 0.386 e. The van der Waals surface area contributed by atoms with Crippen molar-refractivity contribution in [3.05, 3.63) is 11.0 Å². The molecule has 17 nitrogen and oxygen atoms in total. The molecular formula is C14H18F2N5O12P3S. The molecule has 0 spiro atoms. The largest absolute Gasteiger partial charge is 0.490 e. The minimum atomic E-state index is -5.85. The van der Waals surface area contributed by atoms with Crippen LogP contribution in [0.2, 0.25) is 0 Å². The summed E-state index contributed by atoms with van der Waals surface area (Å²) in [6.45, 7) is -0.379. The van der Waals surface area contributed by atoms with E-state index in [2.05, 4.69) is 28.1 Å². The van der Waals surface area contributed by atoms with Crippen LogP contribution < -0.4 is 5.73 Å². The van der Waals surface area contributed by atoms with Gasteiger partial charge >= 0.3 is 23.5 Å². The number of nitrogen functional groups attached to an aromatic ring is 1. The molecule has 1 fully saturated rings. The molecule has 1 aliphatic heterocycles. The third-order valence-corrected chi connectivity index (χ3v) is 8.84. The van der Waals surface area contributed by atoms with Crippen molar-refractivity contribution in [2.75, 3.05) is 12.4 Å². The van der Waals surface area contributed by atoms with Crippen LogP contribution in [0.3, 0.4) is 0 Å². The van der Waals surface area contributed by atoms with Gasteiger partial charge in [0.25, 0.3) is 0 Å². The van der Waals surface area contributed by atoms with Crippen molar-refractivity contribution in [2.45, 2.75) is 37.1 Å². The number of nitrogens with one attached hydrogen (secondary N) is 1. The van der Waals surface area contributed by atoms with Gasteiger partial charge in [-0.1, -0.05) is 24.1 Å². The molecule has 3 unspecified atom stereocenters. The summed E-state index contributed by atoms with van der Waals surface area (Å²) >= 11 is 5.04. The number of hydrogen-bond acceptors (Lipinski definition) is 12. The van der Waals surface area contributed by atoms with E-state index in [1.165, 1.54) is 0 Å². The van der Waals surface area contributed by atoms with E-state index in [1.54, 1.807) is 0 Å². The number of nitrogens with two attached hydrogens (primary N) is 1. The topological polar surface area (TPSA) is 262 Å². The van der Waals surface area contributed by atoms with Gasteiger partial charge in [0.1, 0.15) is 30.0 Å². The zero-order valence-electron chi connectivity index (χ0n) is 18.1. The average molecular weight is 611 g/mol. The lowest BCUT2D eigenvalue weighted by Crippen LogP contribution is -2.44. The van der Waals surface area contributed by atoms with Gasteiger partial charge < -0.3 is 40.1 Å². The predicted octanol–water partition coefficient (Wildman–Crippen LogP) is 0.742. The van der Waals surface area contributed by atoms with Gasteiger partial charge in [-0.2, -0.15) is 8.62 Å². The van der Waals surface area contributed by atoms with Gasteiger partial charge in [-0.05, 0) is 6.92 Å². The Bertz CT molecular complexity index is 1460. The van der Waals surface area contributed by atoms with Crippen LogP contribution in [0.15, 0.2) is 6.33 Å². The van der Waals surface area contributed by atoms with Crippen molar-refractivity contribution >= 4 is 52.8 Å². The summed E-state index contributed by atoms with van der Waals surface area (Å²) in [5, 5.41) is 10.7. The second-order valence-corrected chi connectivity index (χ2v) is 12.0. The number of phosphoric acid groups is 3. The number of halogens is 2. The first-order valence-corrected chi connectivity index (χ1v) is 14.4. The maximum absolute atomic E-state index is 16.1. The number of ether oxygens (including phenoxy) is 1. The van der Waals surface area contributed by atoms with E-state index in [-0.39, 0.29) is 21.8 Å². The Balaban J connectivity index is 1.95. The molecule has 3 heterocycles. The number of hydrogen-bond donors (Lipinski definition) is 7. The molecule has 23 heteroatoms. The Morgan fingerprint density at radius 2 is 1.97 bits per heavy atom. The molecule has 0 bridgehead atoms. The normalized spacial score (nSPS) is 28.3. The Hall–Kier alpha value is -1.68. The molecule has 1 aliphatic rings. The van der Waals surface area contributed by atoms with Crippen molar-refractivity contribution < 1.29 is 65.0 Å². The second kappa shape index (κ2) is 10.5. The summed E-state index contributed by atoms with van der Waals surface area (Å²) in [5.41, 5.74) is 2.52. The number of phosphoric ester groups is 1. The van der Waals surface area contributed by atoms with Crippen LogP contribution in [0.1, 0.15) is 13.2 Å². The van der Waals surface area contributed by atoms with E-state index in [0.29, 0.717) is 0 Å². The van der Waals surface area contributed by atoms with Gasteiger partial charge in [-0.3, -0.25) is 9.09 Å². The van der Waals surface area contributed by atoms with Crippen molar-refractivity contribution in [2.24, 2.45) is 0 Å². The molecule has 206 valence electrons. The van der Waals surface area contributed by atoms with Gasteiger partial charge in [-0.25, -0.2) is 32.4 Å². The van der Waals surface area contributed by atoms with E-state index < -0.39 is 60.4 Å². The Labute approximate surface area is 210 Å². The molecule has 0 aliphatic carbocycles. The SMILES string of the molecule is C[C@H](OP(=O)(O)OP(=O)(O)OP(=O)(O)O)[C@H]1O[C@@H](n2cnc3c(=S)nc(N)[nH]c32)C(F)(C#CCF)[C@H]1O. The molecule has 0 aromatic carbocycles. The summed E-state index contributed by atoms with van der Waals surface area (Å²) in [6, 6.07) is 0. The lowest BCUT2D eigenvalue weighted by Gasteiger charge is -2.25. The maximum atomic E-state index is 16.1. The molecule has 0 radical (unpaired) electrons. The lowest BCUT2D eigenvalue weighted by molar-refractivity contribution is -0.0754. The highest BCUT2D eigenvalue weighted by Crippen LogP contribution is 2.66. The van der Waals surface area contributed by atoms with Crippen LogP contribution in [-0.2, 0) is 31.6 Å². The molecule has 37 heavy (non-hydrogen) atoms. The van der Waals surface area contributed by atoms with Gasteiger partial charge in [0.2, 0.25) is 5.67 Å². The number of aliphatic hydroxyl groups is 1. The van der Waals surface area contributed by atoms with Crippen LogP contribution in [0.4, 0.5) is 14.7 Å². The first-order valence-electron chi connectivity index (χ1n) is 9.52. The van der Waals surface area contributed by atoms with Crippen LogP contribution in [-0.4, -0.2) is 74.9 Å². The number of rotatable bonds is 8. The van der Waals surface area contributed by atoms with E-state index in [9.17, 15) is 33.0 Å². The number of alkyl halides is 2. The van der Waals surface area contributed by atoms with Gasteiger partial charge in [0.15, 0.2) is 16.8 Å². The van der Waals surface area contributed by atoms with E-state index in [1.807, 2.05) is 11.8 Å².